The molecule has 106 valence electrons. The maximum atomic E-state index is 5.46. The van der Waals surface area contributed by atoms with Crippen LogP contribution < -0.4 is 4.90 Å². The minimum atomic E-state index is 0.790. The first-order valence-electron chi connectivity index (χ1n) is 6.64. The predicted octanol–water partition coefficient (Wildman–Crippen LogP) is 4.68. The summed E-state index contributed by atoms with van der Waals surface area (Å²) in [4.78, 5) is 2.07. The molecule has 0 saturated carbocycles. The third kappa shape index (κ3) is 3.10. The minimum Gasteiger partial charge on any atom is -0.378 e. The van der Waals surface area contributed by atoms with Crippen molar-refractivity contribution < 1.29 is 4.52 Å². The van der Waals surface area contributed by atoms with E-state index < -0.39 is 0 Å². The zero-order valence-electron chi connectivity index (χ0n) is 11.9. The van der Waals surface area contributed by atoms with Crippen LogP contribution in [-0.2, 0) is 0 Å². The van der Waals surface area contributed by atoms with Crippen LogP contribution in [0.4, 0.5) is 5.69 Å². The largest absolute Gasteiger partial charge is 0.378 e. The van der Waals surface area contributed by atoms with Crippen LogP contribution in [0.1, 0.15) is 0 Å². The van der Waals surface area contributed by atoms with E-state index in [9.17, 15) is 0 Å². The second-order valence-electron chi connectivity index (χ2n) is 5.02. The average Bonchev–Trinajstić information content (AvgIpc) is 2.98. The molecule has 3 aromatic rings. The van der Waals surface area contributed by atoms with Crippen LogP contribution in [0.15, 0.2) is 59.1 Å². The molecule has 0 fully saturated rings. The summed E-state index contributed by atoms with van der Waals surface area (Å²) in [6, 6.07) is 18.5. The third-order valence-corrected chi connectivity index (χ3v) is 4.04. The molecule has 4 heteroatoms. The molecule has 3 nitrogen and oxygen atoms in total. The molecule has 0 amide bonds. The maximum Gasteiger partial charge on any atom is 0.167 e. The molecule has 0 unspecified atom stereocenters. The van der Waals surface area contributed by atoms with Gasteiger partial charge in [0.25, 0.3) is 0 Å². The molecule has 0 N–H and O–H groups in total. The van der Waals surface area contributed by atoms with Gasteiger partial charge in [-0.2, -0.15) is 0 Å². The van der Waals surface area contributed by atoms with Gasteiger partial charge in [-0.1, -0.05) is 29.4 Å². The molecule has 3 rings (SSSR count). The zero-order chi connectivity index (χ0) is 14.8. The van der Waals surface area contributed by atoms with E-state index in [-0.39, 0.29) is 0 Å². The van der Waals surface area contributed by atoms with Crippen LogP contribution in [-0.4, -0.2) is 19.3 Å². The molecule has 0 atom stereocenters. The first-order chi connectivity index (χ1) is 10.1. The van der Waals surface area contributed by atoms with Crippen LogP contribution in [0.25, 0.3) is 22.6 Å². The number of anilines is 1. The lowest BCUT2D eigenvalue weighted by Gasteiger charge is -2.11. The molecule has 0 radical (unpaired) electrons. The fourth-order valence-corrected chi connectivity index (χ4v) is 2.45. The van der Waals surface area contributed by atoms with Gasteiger partial charge in [0.15, 0.2) is 5.76 Å². The summed E-state index contributed by atoms with van der Waals surface area (Å²) in [6.45, 7) is 0. The van der Waals surface area contributed by atoms with Gasteiger partial charge < -0.3 is 9.42 Å². The first-order valence-corrected chi connectivity index (χ1v) is 7.72. The molecule has 0 aliphatic heterocycles. The molecule has 1 heterocycles. The van der Waals surface area contributed by atoms with Crippen LogP contribution in [0.3, 0.4) is 0 Å². The van der Waals surface area contributed by atoms with E-state index in [1.165, 1.54) is 9.26 Å². The van der Waals surface area contributed by atoms with Crippen molar-refractivity contribution >= 4 is 28.3 Å². The van der Waals surface area contributed by atoms with Gasteiger partial charge in [-0.3, -0.25) is 0 Å². The molecule has 0 spiro atoms. The monoisotopic (exact) mass is 390 g/mol. The Bertz CT molecular complexity index is 730. The van der Waals surface area contributed by atoms with E-state index in [1.54, 1.807) is 0 Å². The Morgan fingerprint density at radius 2 is 1.52 bits per heavy atom. The Morgan fingerprint density at radius 3 is 2.14 bits per heavy atom. The lowest BCUT2D eigenvalue weighted by molar-refractivity contribution is 0.435. The summed E-state index contributed by atoms with van der Waals surface area (Å²) >= 11 is 2.29. The lowest BCUT2D eigenvalue weighted by Crippen LogP contribution is -2.07. The predicted molar refractivity (Wildman–Crippen MR) is 94.4 cm³/mol. The number of hydrogen-bond acceptors (Lipinski definition) is 3. The Balaban J connectivity index is 1.89. The van der Waals surface area contributed by atoms with Crippen LogP contribution in [0.2, 0.25) is 0 Å². The van der Waals surface area contributed by atoms with Crippen molar-refractivity contribution in [3.8, 4) is 22.6 Å². The summed E-state index contributed by atoms with van der Waals surface area (Å²) in [5.74, 6) is 0.790. The quantitative estimate of drug-likeness (QED) is 0.609. The van der Waals surface area contributed by atoms with Crippen molar-refractivity contribution in [2.24, 2.45) is 0 Å². The molecular weight excluding hydrogens is 375 g/mol. The van der Waals surface area contributed by atoms with Gasteiger partial charge in [0.2, 0.25) is 0 Å². The molecular formula is C17H15IN2O. The molecule has 0 aliphatic rings. The fourth-order valence-electron chi connectivity index (χ4n) is 2.09. The number of benzene rings is 2. The van der Waals surface area contributed by atoms with Gasteiger partial charge >= 0.3 is 0 Å². The molecule has 0 aliphatic carbocycles. The number of hydrogen-bond donors (Lipinski definition) is 0. The standard InChI is InChI=1S/C17H15IN2O/c1-20(2)15-9-5-12(6-10-15)16-11-17(21-19-16)13-3-7-14(18)8-4-13/h3-11H,1-2H3. The van der Waals surface area contributed by atoms with E-state index in [1.807, 2.05) is 32.3 Å². The third-order valence-electron chi connectivity index (χ3n) is 3.32. The van der Waals surface area contributed by atoms with E-state index >= 15 is 0 Å². The zero-order valence-corrected chi connectivity index (χ0v) is 14.0. The number of rotatable bonds is 3. The topological polar surface area (TPSA) is 29.3 Å². The number of aromatic nitrogens is 1. The van der Waals surface area contributed by atoms with E-state index in [4.69, 9.17) is 4.52 Å². The molecule has 0 saturated heterocycles. The van der Waals surface area contributed by atoms with Crippen LogP contribution >= 0.6 is 22.6 Å². The van der Waals surface area contributed by atoms with Crippen molar-refractivity contribution in [2.75, 3.05) is 19.0 Å². The van der Waals surface area contributed by atoms with Crippen molar-refractivity contribution in [2.45, 2.75) is 0 Å². The normalized spacial score (nSPS) is 10.6. The highest BCUT2D eigenvalue weighted by atomic mass is 127. The highest BCUT2D eigenvalue weighted by Crippen LogP contribution is 2.27. The highest BCUT2D eigenvalue weighted by Gasteiger charge is 2.08. The van der Waals surface area contributed by atoms with Crippen LogP contribution in [0, 0.1) is 3.57 Å². The summed E-state index contributed by atoms with van der Waals surface area (Å²) in [5, 5.41) is 4.17. The maximum absolute atomic E-state index is 5.46. The van der Waals surface area contributed by atoms with Crippen molar-refractivity contribution in [3.05, 3.63) is 58.2 Å². The van der Waals surface area contributed by atoms with Crippen molar-refractivity contribution in [1.82, 2.24) is 5.16 Å². The van der Waals surface area contributed by atoms with Gasteiger partial charge in [0.1, 0.15) is 5.69 Å². The van der Waals surface area contributed by atoms with Gasteiger partial charge in [-0.15, -0.1) is 0 Å². The number of nitrogens with zero attached hydrogens (tertiary/aromatic N) is 2. The van der Waals surface area contributed by atoms with Gasteiger partial charge in [-0.25, -0.2) is 0 Å². The second-order valence-corrected chi connectivity index (χ2v) is 6.27. The first kappa shape index (κ1) is 14.1. The highest BCUT2D eigenvalue weighted by molar-refractivity contribution is 14.1. The molecule has 0 bridgehead atoms. The van der Waals surface area contributed by atoms with Gasteiger partial charge in [0.05, 0.1) is 0 Å². The summed E-state index contributed by atoms with van der Waals surface area (Å²) in [7, 11) is 4.06. The Morgan fingerprint density at radius 1 is 0.905 bits per heavy atom. The number of halogens is 1. The van der Waals surface area contributed by atoms with Gasteiger partial charge in [-0.05, 0) is 46.9 Å². The smallest absolute Gasteiger partial charge is 0.167 e. The molecule has 21 heavy (non-hydrogen) atoms. The van der Waals surface area contributed by atoms with E-state index in [0.29, 0.717) is 0 Å². The summed E-state index contributed by atoms with van der Waals surface area (Å²) in [6.07, 6.45) is 0. The Hall–Kier alpha value is -1.82. The molecule has 1 aromatic heterocycles. The van der Waals surface area contributed by atoms with Crippen molar-refractivity contribution in [1.29, 1.82) is 0 Å². The summed E-state index contributed by atoms with van der Waals surface area (Å²) in [5.41, 5.74) is 4.12. The molecule has 2 aromatic carbocycles. The average molecular weight is 390 g/mol. The second kappa shape index (κ2) is 5.89. The Kier molecular flexibility index (Phi) is 3.96. The SMILES string of the molecule is CN(C)c1ccc(-c2cc(-c3ccc(I)cc3)on2)cc1. The van der Waals surface area contributed by atoms with E-state index in [0.717, 1.165) is 22.6 Å². The van der Waals surface area contributed by atoms with E-state index in [2.05, 4.69) is 69.0 Å². The fraction of sp³-hybridized carbons (Fsp3) is 0.118. The summed E-state index contributed by atoms with van der Waals surface area (Å²) < 4.78 is 6.66. The Labute approximate surface area is 137 Å². The van der Waals surface area contributed by atoms with Gasteiger partial charge in [0, 0.05) is 40.5 Å². The van der Waals surface area contributed by atoms with Crippen molar-refractivity contribution in [3.63, 3.8) is 0 Å². The minimum absolute atomic E-state index is 0.790. The lowest BCUT2D eigenvalue weighted by atomic mass is 10.1. The van der Waals surface area contributed by atoms with Crippen LogP contribution in [0.5, 0.6) is 0 Å².